The van der Waals surface area contributed by atoms with Gasteiger partial charge in [-0.05, 0) is 35.4 Å². The molecular formula is C22H18N2O3. The number of hydrogen-bond acceptors (Lipinski definition) is 4. The Bertz CT molecular complexity index is 1210. The zero-order valence-electron chi connectivity index (χ0n) is 14.8. The number of carbonyl (C=O) groups excluding carboxylic acids is 1. The summed E-state index contributed by atoms with van der Waals surface area (Å²) in [5.41, 5.74) is 10.7. The lowest BCUT2D eigenvalue weighted by Gasteiger charge is -2.17. The molecule has 2 aromatic rings. The number of aliphatic hydroxyl groups excluding tert-OH is 1. The molecule has 1 amide bonds. The van der Waals surface area contributed by atoms with Crippen LogP contribution in [-0.2, 0) is 11.4 Å². The van der Waals surface area contributed by atoms with Crippen LogP contribution < -0.4 is 11.1 Å². The lowest BCUT2D eigenvalue weighted by atomic mass is 9.91. The summed E-state index contributed by atoms with van der Waals surface area (Å²) in [6.45, 7) is 1.34. The molecule has 1 aliphatic heterocycles. The molecule has 1 aliphatic carbocycles. The molecule has 0 aromatic heterocycles. The van der Waals surface area contributed by atoms with Crippen LogP contribution in [0.5, 0.6) is 0 Å². The first-order chi connectivity index (χ1) is 13.1. The van der Waals surface area contributed by atoms with Gasteiger partial charge in [-0.2, -0.15) is 0 Å². The van der Waals surface area contributed by atoms with Crippen LogP contribution in [0.1, 0.15) is 12.5 Å². The lowest BCUT2D eigenvalue weighted by molar-refractivity contribution is -0.116. The van der Waals surface area contributed by atoms with E-state index in [0.717, 1.165) is 27.6 Å². The van der Waals surface area contributed by atoms with Crippen molar-refractivity contribution in [3.05, 3.63) is 71.6 Å². The fourth-order valence-electron chi connectivity index (χ4n) is 3.34. The maximum atomic E-state index is 11.3. The molecule has 4 rings (SSSR count). The van der Waals surface area contributed by atoms with Gasteiger partial charge >= 0.3 is 0 Å². The van der Waals surface area contributed by atoms with Crippen molar-refractivity contribution >= 4 is 22.6 Å². The number of benzene rings is 3. The molecule has 1 heterocycles. The van der Waals surface area contributed by atoms with Crippen LogP contribution in [0.3, 0.4) is 0 Å². The molecule has 2 aromatic carbocycles. The number of aliphatic hydroxyl groups is 1. The highest BCUT2D eigenvalue weighted by molar-refractivity contribution is 6.03. The molecule has 0 spiro atoms. The predicted octanol–water partition coefficient (Wildman–Crippen LogP) is 3.73. The molecule has 0 radical (unpaired) electrons. The molecule has 3 N–H and O–H groups in total. The normalized spacial score (nSPS) is 12.0. The van der Waals surface area contributed by atoms with E-state index in [1.165, 1.54) is 6.92 Å². The fraction of sp³-hybridized carbons (Fsp3) is 0.0909. The van der Waals surface area contributed by atoms with Gasteiger partial charge in [0.2, 0.25) is 5.91 Å². The second-order valence-electron chi connectivity index (χ2n) is 6.36. The van der Waals surface area contributed by atoms with Crippen molar-refractivity contribution in [1.82, 2.24) is 0 Å². The van der Waals surface area contributed by atoms with Crippen molar-refractivity contribution in [2.75, 3.05) is 5.73 Å². The quantitative estimate of drug-likeness (QED) is 0.422. The third-order valence-corrected chi connectivity index (χ3v) is 4.47. The Hall–Kier alpha value is -3.44. The lowest BCUT2D eigenvalue weighted by Crippen LogP contribution is -2.05. The Morgan fingerprint density at radius 1 is 1.07 bits per heavy atom. The van der Waals surface area contributed by atoms with Crippen molar-refractivity contribution < 1.29 is 14.3 Å². The molecule has 0 bridgehead atoms. The van der Waals surface area contributed by atoms with Gasteiger partial charge in [-0.1, -0.05) is 24.3 Å². The Morgan fingerprint density at radius 2 is 1.89 bits per heavy atom. The molecule has 5 heteroatoms. The SMILES string of the molecule is CC(=O)N=c1ccc2c(-c3ccccc3CO)c3ccc(N)cc3oc-2c1. The van der Waals surface area contributed by atoms with Crippen molar-refractivity contribution in [2.24, 2.45) is 4.99 Å². The summed E-state index contributed by atoms with van der Waals surface area (Å²) in [4.78, 5) is 15.3. The highest BCUT2D eigenvalue weighted by atomic mass is 16.3. The fourth-order valence-corrected chi connectivity index (χ4v) is 3.34. The average molecular weight is 358 g/mol. The van der Waals surface area contributed by atoms with Crippen LogP contribution >= 0.6 is 0 Å². The number of carbonyl (C=O) groups is 1. The maximum absolute atomic E-state index is 11.3. The molecule has 5 nitrogen and oxygen atoms in total. The summed E-state index contributed by atoms with van der Waals surface area (Å²) in [7, 11) is 0. The van der Waals surface area contributed by atoms with Gasteiger partial charge in [0.15, 0.2) is 0 Å². The van der Waals surface area contributed by atoms with Crippen LogP contribution in [0, 0.1) is 0 Å². The first-order valence-corrected chi connectivity index (χ1v) is 8.57. The van der Waals surface area contributed by atoms with E-state index in [2.05, 4.69) is 4.99 Å². The minimum absolute atomic E-state index is 0.0715. The third kappa shape index (κ3) is 3.09. The Labute approximate surface area is 155 Å². The van der Waals surface area contributed by atoms with Gasteiger partial charge in [0.05, 0.1) is 12.0 Å². The topological polar surface area (TPSA) is 88.8 Å². The van der Waals surface area contributed by atoms with Crippen LogP contribution in [0.15, 0.2) is 70.1 Å². The Kier molecular flexibility index (Phi) is 4.22. The van der Waals surface area contributed by atoms with Crippen LogP contribution in [0.4, 0.5) is 5.69 Å². The second-order valence-corrected chi connectivity index (χ2v) is 6.36. The predicted molar refractivity (Wildman–Crippen MR) is 105 cm³/mol. The van der Waals surface area contributed by atoms with Gasteiger partial charge in [-0.15, -0.1) is 0 Å². The molecule has 0 atom stereocenters. The van der Waals surface area contributed by atoms with E-state index in [1.54, 1.807) is 18.2 Å². The number of nitrogens with zero attached hydrogens (tertiary/aromatic N) is 1. The minimum Gasteiger partial charge on any atom is -0.456 e. The molecule has 27 heavy (non-hydrogen) atoms. The molecule has 0 unspecified atom stereocenters. The average Bonchev–Trinajstić information content (AvgIpc) is 2.65. The van der Waals surface area contributed by atoms with E-state index >= 15 is 0 Å². The number of fused-ring (bicyclic) bond motifs is 2. The molecule has 0 saturated carbocycles. The number of anilines is 1. The van der Waals surface area contributed by atoms with Gasteiger partial charge in [-0.3, -0.25) is 4.79 Å². The third-order valence-electron chi connectivity index (χ3n) is 4.47. The highest BCUT2D eigenvalue weighted by Crippen LogP contribution is 2.41. The van der Waals surface area contributed by atoms with Gasteiger partial charge in [0.1, 0.15) is 11.3 Å². The summed E-state index contributed by atoms with van der Waals surface area (Å²) in [5.74, 6) is 0.323. The monoisotopic (exact) mass is 358 g/mol. The Morgan fingerprint density at radius 3 is 2.67 bits per heavy atom. The molecule has 134 valence electrons. The van der Waals surface area contributed by atoms with Crippen molar-refractivity contribution in [3.63, 3.8) is 0 Å². The zero-order chi connectivity index (χ0) is 19.0. The van der Waals surface area contributed by atoms with Crippen molar-refractivity contribution in [2.45, 2.75) is 13.5 Å². The summed E-state index contributed by atoms with van der Waals surface area (Å²) in [6.07, 6.45) is 0. The van der Waals surface area contributed by atoms with Crippen LogP contribution in [0.25, 0.3) is 33.4 Å². The largest absolute Gasteiger partial charge is 0.456 e. The summed E-state index contributed by atoms with van der Waals surface area (Å²) in [6, 6.07) is 18.6. The summed E-state index contributed by atoms with van der Waals surface area (Å²) in [5, 5.41) is 11.2. The number of nitrogens with two attached hydrogens (primary N) is 1. The van der Waals surface area contributed by atoms with E-state index in [4.69, 9.17) is 10.2 Å². The first kappa shape index (κ1) is 17.0. The molecule has 2 aliphatic rings. The zero-order valence-corrected chi connectivity index (χ0v) is 14.8. The Balaban J connectivity index is 2.15. The van der Waals surface area contributed by atoms with Crippen molar-refractivity contribution in [3.8, 4) is 22.5 Å². The second kappa shape index (κ2) is 6.70. The summed E-state index contributed by atoms with van der Waals surface area (Å²) < 4.78 is 6.07. The maximum Gasteiger partial charge on any atom is 0.243 e. The molecule has 0 fully saturated rings. The number of amides is 1. The minimum atomic E-state index is -0.273. The van der Waals surface area contributed by atoms with E-state index in [9.17, 15) is 9.90 Å². The first-order valence-electron chi connectivity index (χ1n) is 8.57. The van der Waals surface area contributed by atoms with Gasteiger partial charge in [0, 0.05) is 41.3 Å². The van der Waals surface area contributed by atoms with E-state index < -0.39 is 0 Å². The number of hydrogen-bond donors (Lipinski definition) is 2. The van der Waals surface area contributed by atoms with Gasteiger partial charge in [-0.25, -0.2) is 4.99 Å². The number of rotatable bonds is 2. The standard InChI is InChI=1S/C22H18N2O3/c1-13(26)24-16-7-9-19-21(11-16)27-20-10-15(23)6-8-18(20)22(19)17-5-3-2-4-14(17)12-25/h2-11,25H,12,23H2,1H3. The van der Waals surface area contributed by atoms with E-state index in [1.807, 2.05) is 42.5 Å². The smallest absolute Gasteiger partial charge is 0.243 e. The van der Waals surface area contributed by atoms with E-state index in [0.29, 0.717) is 22.4 Å². The van der Waals surface area contributed by atoms with Gasteiger partial charge < -0.3 is 15.3 Å². The number of nitrogen functional groups attached to an aromatic ring is 1. The molecular weight excluding hydrogens is 340 g/mol. The van der Waals surface area contributed by atoms with Gasteiger partial charge in [0.25, 0.3) is 0 Å². The van der Waals surface area contributed by atoms with Crippen molar-refractivity contribution in [1.29, 1.82) is 0 Å². The van der Waals surface area contributed by atoms with E-state index in [-0.39, 0.29) is 12.5 Å². The highest BCUT2D eigenvalue weighted by Gasteiger charge is 2.18. The molecule has 0 saturated heterocycles. The van der Waals surface area contributed by atoms with Crippen LogP contribution in [0.2, 0.25) is 0 Å². The van der Waals surface area contributed by atoms with Crippen LogP contribution in [-0.4, -0.2) is 11.0 Å². The summed E-state index contributed by atoms with van der Waals surface area (Å²) >= 11 is 0.